The second-order valence-corrected chi connectivity index (χ2v) is 5.66. The summed E-state index contributed by atoms with van der Waals surface area (Å²) in [5.74, 6) is 0.0149. The predicted octanol–water partition coefficient (Wildman–Crippen LogP) is 4.25. The van der Waals surface area contributed by atoms with E-state index in [1.54, 1.807) is 0 Å². The fourth-order valence-electron chi connectivity index (χ4n) is 2.70. The van der Waals surface area contributed by atoms with Crippen molar-refractivity contribution in [3.8, 4) is 11.1 Å². The molecule has 4 heteroatoms. The zero-order chi connectivity index (χ0) is 15.0. The third-order valence-corrected chi connectivity index (χ3v) is 4.12. The summed E-state index contributed by atoms with van der Waals surface area (Å²) in [5, 5.41) is 11.0. The van der Waals surface area contributed by atoms with E-state index in [0.717, 1.165) is 27.9 Å². The van der Waals surface area contributed by atoms with Crippen molar-refractivity contribution in [2.75, 3.05) is 5.32 Å². The molecular formula is C17H15ClN2O. The van der Waals surface area contributed by atoms with E-state index < -0.39 is 0 Å². The molecule has 106 valence electrons. The number of anilines is 1. The van der Waals surface area contributed by atoms with Crippen LogP contribution in [0.4, 0.5) is 5.69 Å². The van der Waals surface area contributed by atoms with Gasteiger partial charge in [0.1, 0.15) is 0 Å². The highest BCUT2D eigenvalue weighted by atomic mass is 35.5. The van der Waals surface area contributed by atoms with Crippen LogP contribution in [-0.4, -0.2) is 12.1 Å². The van der Waals surface area contributed by atoms with Crippen LogP contribution in [0.15, 0.2) is 36.4 Å². The number of carbonyl (C=O) groups excluding carboxylic acids is 1. The van der Waals surface area contributed by atoms with E-state index in [2.05, 4.69) is 5.32 Å². The standard InChI is InChI=1S/C17H15ClN2O/c1-10(9-19)13-3-2-4-14(18)17(13)11-5-6-15-12(7-11)8-16(21)20-15/h2-7,9-10,19H,8H2,1H3,(H,20,21). The molecule has 1 aliphatic rings. The fraction of sp³-hybridized carbons (Fsp3) is 0.176. The van der Waals surface area contributed by atoms with Crippen LogP contribution >= 0.6 is 11.6 Å². The van der Waals surface area contributed by atoms with Crippen LogP contribution in [0.1, 0.15) is 24.0 Å². The second-order valence-electron chi connectivity index (χ2n) is 5.26. The van der Waals surface area contributed by atoms with Crippen LogP contribution in [-0.2, 0) is 11.2 Å². The molecule has 2 aromatic carbocycles. The quantitative estimate of drug-likeness (QED) is 0.818. The van der Waals surface area contributed by atoms with E-state index in [-0.39, 0.29) is 11.8 Å². The monoisotopic (exact) mass is 298 g/mol. The minimum atomic E-state index is -0.00767. The summed E-state index contributed by atoms with van der Waals surface area (Å²) in [7, 11) is 0. The van der Waals surface area contributed by atoms with E-state index in [9.17, 15) is 4.79 Å². The lowest BCUT2D eigenvalue weighted by Gasteiger charge is -2.15. The summed E-state index contributed by atoms with van der Waals surface area (Å²) in [6.07, 6.45) is 1.82. The summed E-state index contributed by atoms with van der Waals surface area (Å²) >= 11 is 6.39. The lowest BCUT2D eigenvalue weighted by atomic mass is 9.91. The van der Waals surface area contributed by atoms with Crippen molar-refractivity contribution in [1.82, 2.24) is 0 Å². The molecule has 0 aromatic heterocycles. The number of rotatable bonds is 3. The normalized spacial score (nSPS) is 14.5. The molecule has 0 saturated carbocycles. The van der Waals surface area contributed by atoms with E-state index in [1.165, 1.54) is 6.21 Å². The number of nitrogens with one attached hydrogen (secondary N) is 2. The van der Waals surface area contributed by atoms with Crippen molar-refractivity contribution in [1.29, 1.82) is 5.41 Å². The van der Waals surface area contributed by atoms with Crippen LogP contribution in [0.3, 0.4) is 0 Å². The Morgan fingerprint density at radius 1 is 1.33 bits per heavy atom. The first-order valence-corrected chi connectivity index (χ1v) is 7.20. The van der Waals surface area contributed by atoms with Crippen molar-refractivity contribution in [3.63, 3.8) is 0 Å². The number of carbonyl (C=O) groups is 1. The van der Waals surface area contributed by atoms with Gasteiger partial charge in [0.15, 0.2) is 0 Å². The number of halogens is 1. The van der Waals surface area contributed by atoms with E-state index in [0.29, 0.717) is 11.4 Å². The Kier molecular flexibility index (Phi) is 3.52. The Hall–Kier alpha value is -2.13. The summed E-state index contributed by atoms with van der Waals surface area (Å²) in [6, 6.07) is 11.6. The summed E-state index contributed by atoms with van der Waals surface area (Å²) in [4.78, 5) is 11.5. The molecule has 1 heterocycles. The lowest BCUT2D eigenvalue weighted by Crippen LogP contribution is -2.03. The molecule has 1 aliphatic heterocycles. The molecule has 0 aliphatic carbocycles. The topological polar surface area (TPSA) is 53.0 Å². The van der Waals surface area contributed by atoms with Gasteiger partial charge in [0, 0.05) is 28.4 Å². The molecule has 0 fully saturated rings. The number of amides is 1. The van der Waals surface area contributed by atoms with Gasteiger partial charge in [-0.25, -0.2) is 0 Å². The highest BCUT2D eigenvalue weighted by Gasteiger charge is 2.20. The van der Waals surface area contributed by atoms with Crippen molar-refractivity contribution in [3.05, 3.63) is 52.5 Å². The first-order chi connectivity index (χ1) is 10.1. The Morgan fingerprint density at radius 2 is 2.14 bits per heavy atom. The Morgan fingerprint density at radius 3 is 2.90 bits per heavy atom. The maximum Gasteiger partial charge on any atom is 0.228 e. The molecule has 0 spiro atoms. The summed E-state index contributed by atoms with van der Waals surface area (Å²) in [6.45, 7) is 1.97. The number of fused-ring (bicyclic) bond motifs is 1. The zero-order valence-corrected chi connectivity index (χ0v) is 12.4. The molecule has 2 N–H and O–H groups in total. The number of benzene rings is 2. The fourth-order valence-corrected chi connectivity index (χ4v) is 2.99. The van der Waals surface area contributed by atoms with Crippen LogP contribution in [0, 0.1) is 5.41 Å². The SMILES string of the molecule is CC(C=N)c1cccc(Cl)c1-c1ccc2c(c1)CC(=O)N2. The first-order valence-electron chi connectivity index (χ1n) is 6.82. The molecule has 0 saturated heterocycles. The van der Waals surface area contributed by atoms with Crippen molar-refractivity contribution in [2.45, 2.75) is 19.3 Å². The Labute approximate surface area is 128 Å². The predicted molar refractivity (Wildman–Crippen MR) is 86.4 cm³/mol. The number of hydrogen-bond donors (Lipinski definition) is 2. The van der Waals surface area contributed by atoms with Crippen LogP contribution < -0.4 is 5.32 Å². The molecule has 3 nitrogen and oxygen atoms in total. The van der Waals surface area contributed by atoms with Gasteiger partial charge in [-0.3, -0.25) is 4.79 Å². The third kappa shape index (κ3) is 2.45. The molecule has 2 aromatic rings. The Balaban J connectivity index is 2.15. The molecule has 0 bridgehead atoms. The van der Waals surface area contributed by atoms with Crippen LogP contribution in [0.25, 0.3) is 11.1 Å². The maximum absolute atomic E-state index is 11.5. The highest BCUT2D eigenvalue weighted by molar-refractivity contribution is 6.33. The maximum atomic E-state index is 11.5. The van der Waals surface area contributed by atoms with E-state index in [1.807, 2.05) is 43.3 Å². The molecule has 1 unspecified atom stereocenters. The van der Waals surface area contributed by atoms with Crippen molar-refractivity contribution < 1.29 is 4.79 Å². The highest BCUT2D eigenvalue weighted by Crippen LogP contribution is 2.37. The largest absolute Gasteiger partial charge is 0.326 e. The van der Waals surface area contributed by atoms with Gasteiger partial charge in [-0.1, -0.05) is 36.7 Å². The van der Waals surface area contributed by atoms with Gasteiger partial charge in [-0.2, -0.15) is 0 Å². The molecular weight excluding hydrogens is 284 g/mol. The smallest absolute Gasteiger partial charge is 0.228 e. The van der Waals surface area contributed by atoms with Gasteiger partial charge in [0.05, 0.1) is 6.42 Å². The average Bonchev–Trinajstić information content (AvgIpc) is 2.85. The summed E-state index contributed by atoms with van der Waals surface area (Å²) in [5.41, 5.74) is 4.81. The average molecular weight is 299 g/mol. The van der Waals surface area contributed by atoms with E-state index in [4.69, 9.17) is 17.0 Å². The van der Waals surface area contributed by atoms with Crippen LogP contribution in [0.5, 0.6) is 0 Å². The number of hydrogen-bond acceptors (Lipinski definition) is 2. The summed E-state index contributed by atoms with van der Waals surface area (Å²) < 4.78 is 0. The van der Waals surface area contributed by atoms with Gasteiger partial charge >= 0.3 is 0 Å². The van der Waals surface area contributed by atoms with Gasteiger partial charge < -0.3 is 10.7 Å². The molecule has 3 rings (SSSR count). The Bertz CT molecular complexity index is 740. The van der Waals surface area contributed by atoms with Gasteiger partial charge in [-0.15, -0.1) is 0 Å². The minimum absolute atomic E-state index is 0.00767. The lowest BCUT2D eigenvalue weighted by molar-refractivity contribution is -0.115. The molecule has 0 radical (unpaired) electrons. The second kappa shape index (κ2) is 5.34. The van der Waals surface area contributed by atoms with Gasteiger partial charge in [0.25, 0.3) is 0 Å². The van der Waals surface area contributed by atoms with Gasteiger partial charge in [-0.05, 0) is 34.9 Å². The van der Waals surface area contributed by atoms with Crippen molar-refractivity contribution in [2.24, 2.45) is 0 Å². The van der Waals surface area contributed by atoms with Crippen molar-refractivity contribution >= 4 is 29.4 Å². The zero-order valence-electron chi connectivity index (χ0n) is 11.6. The van der Waals surface area contributed by atoms with Gasteiger partial charge in [0.2, 0.25) is 5.91 Å². The minimum Gasteiger partial charge on any atom is -0.326 e. The third-order valence-electron chi connectivity index (χ3n) is 3.81. The molecule has 21 heavy (non-hydrogen) atoms. The van der Waals surface area contributed by atoms with Crippen LogP contribution in [0.2, 0.25) is 5.02 Å². The first kappa shape index (κ1) is 13.8. The van der Waals surface area contributed by atoms with E-state index >= 15 is 0 Å². The molecule has 1 amide bonds. The molecule has 1 atom stereocenters.